The van der Waals surface area contributed by atoms with Gasteiger partial charge >= 0.3 is 15.6 Å². The van der Waals surface area contributed by atoms with Crippen LogP contribution in [0.25, 0.3) is 22.3 Å². The highest BCUT2D eigenvalue weighted by Gasteiger charge is 2.50. The summed E-state index contributed by atoms with van der Waals surface area (Å²) in [5, 5.41) is 0. The zero-order chi connectivity index (χ0) is 31.4. The molecule has 0 bridgehead atoms. The van der Waals surface area contributed by atoms with Gasteiger partial charge in [0.15, 0.2) is 28.4 Å². The Balaban J connectivity index is 1.21. The van der Waals surface area contributed by atoms with Crippen molar-refractivity contribution in [2.75, 3.05) is 31.3 Å². The Labute approximate surface area is 246 Å². The first-order valence-corrected chi connectivity index (χ1v) is 16.1. The minimum atomic E-state index is -4.93. The van der Waals surface area contributed by atoms with Crippen LogP contribution in [0.2, 0.25) is 0 Å². The van der Waals surface area contributed by atoms with Crippen LogP contribution in [-0.4, -0.2) is 85.7 Å². The number of ether oxygens (including phenoxy) is 2. The molecule has 2 aliphatic rings. The largest absolute Gasteiger partial charge is 0.474 e. The second-order valence-electron chi connectivity index (χ2n) is 10.4. The molecular weight excluding hydrogens is 630 g/mol. The van der Waals surface area contributed by atoms with E-state index in [0.717, 1.165) is 6.33 Å². The van der Waals surface area contributed by atoms with Crippen LogP contribution in [0.5, 0.6) is 0 Å². The van der Waals surface area contributed by atoms with Crippen molar-refractivity contribution in [3.8, 4) is 0 Å². The molecule has 0 aromatic carbocycles. The van der Waals surface area contributed by atoms with Crippen molar-refractivity contribution in [3.63, 3.8) is 0 Å². The van der Waals surface area contributed by atoms with Gasteiger partial charge in [0, 0.05) is 12.3 Å². The molecule has 6 heterocycles. The lowest BCUT2D eigenvalue weighted by Gasteiger charge is -2.31. The Kier molecular flexibility index (Phi) is 7.82. The van der Waals surface area contributed by atoms with E-state index in [1.807, 2.05) is 6.92 Å². The molecule has 238 valence electrons. The van der Waals surface area contributed by atoms with Gasteiger partial charge in [0.2, 0.25) is 5.95 Å². The number of nitrogen functional groups attached to an aromatic ring is 2. The van der Waals surface area contributed by atoms with Gasteiger partial charge in [-0.2, -0.15) is 4.98 Å². The molecule has 1 unspecified atom stereocenters. The number of phosphoric acid groups is 2. The molecule has 21 nitrogen and oxygen atoms in total. The standard InChI is InChI=1S/C21H28N10O11P2/c1-10-2-11(41-19(10)30-8-26-13-15(22)24-7-25-16(13)30)4-40-44(36,37)42-21(3-12(38-6-21)5-39-43(33,34)35)31-9-27-14-17(31)28-20(23)29-18(14)32/h7-12,19H,2-6H2,1H3,(H,36,37)(H2,22,24,25)(H2,33,34,35)(H3,23,28,29,32)/t10-,11+,12+,19-,21+/m1/s1. The smallest absolute Gasteiger partial charge is 0.382 e. The van der Waals surface area contributed by atoms with Crippen LogP contribution in [0.15, 0.2) is 23.8 Å². The number of hydrogen-bond donors (Lipinski definition) is 6. The Hall–Kier alpha value is -3.36. The Bertz CT molecular complexity index is 1860. The van der Waals surface area contributed by atoms with Gasteiger partial charge in [-0.3, -0.25) is 32.5 Å². The number of fused-ring (bicyclic) bond motifs is 2. The minimum absolute atomic E-state index is 0.0764. The van der Waals surface area contributed by atoms with Gasteiger partial charge < -0.3 is 35.6 Å². The number of hydrogen-bond acceptors (Lipinski definition) is 15. The van der Waals surface area contributed by atoms with Gasteiger partial charge in [-0.1, -0.05) is 6.92 Å². The Morgan fingerprint density at radius 3 is 2.59 bits per heavy atom. The average Bonchev–Trinajstić information content (AvgIpc) is 3.71. The number of aromatic amines is 1. The molecular formula is C21H28N10O11P2. The summed E-state index contributed by atoms with van der Waals surface area (Å²) in [4.78, 5) is 64.3. The van der Waals surface area contributed by atoms with E-state index in [1.165, 1.54) is 17.2 Å². The van der Waals surface area contributed by atoms with Crippen molar-refractivity contribution in [2.45, 2.75) is 43.9 Å². The first kappa shape index (κ1) is 30.7. The number of rotatable bonds is 10. The monoisotopic (exact) mass is 658 g/mol. The molecule has 2 aliphatic heterocycles. The summed E-state index contributed by atoms with van der Waals surface area (Å²) in [6, 6.07) is 0. The number of nitrogens with one attached hydrogen (secondary N) is 1. The zero-order valence-electron chi connectivity index (χ0n) is 22.9. The Morgan fingerprint density at radius 1 is 1.07 bits per heavy atom. The predicted octanol–water partition coefficient (Wildman–Crippen LogP) is -0.268. The number of imidazole rings is 2. The molecule has 0 aliphatic carbocycles. The zero-order valence-corrected chi connectivity index (χ0v) is 24.7. The normalized spacial score (nSPS) is 27.4. The average molecular weight is 658 g/mol. The van der Waals surface area contributed by atoms with Crippen LogP contribution in [0.1, 0.15) is 26.0 Å². The summed E-state index contributed by atoms with van der Waals surface area (Å²) in [6.07, 6.45) is 1.96. The predicted molar refractivity (Wildman–Crippen MR) is 147 cm³/mol. The van der Waals surface area contributed by atoms with E-state index >= 15 is 0 Å². The molecule has 6 rings (SSSR count). The molecule has 0 radical (unpaired) electrons. The summed E-state index contributed by atoms with van der Waals surface area (Å²) in [5.41, 5.74) is 9.67. The highest BCUT2D eigenvalue weighted by Crippen LogP contribution is 2.53. The third-order valence-electron chi connectivity index (χ3n) is 7.21. The molecule has 23 heteroatoms. The maximum Gasteiger partial charge on any atom is 0.474 e. The van der Waals surface area contributed by atoms with Crippen LogP contribution < -0.4 is 17.0 Å². The van der Waals surface area contributed by atoms with Crippen molar-refractivity contribution in [2.24, 2.45) is 5.92 Å². The van der Waals surface area contributed by atoms with Crippen molar-refractivity contribution in [1.82, 2.24) is 39.0 Å². The van der Waals surface area contributed by atoms with E-state index in [2.05, 4.69) is 34.4 Å². The summed E-state index contributed by atoms with van der Waals surface area (Å²) in [6.45, 7) is 0.554. The molecule has 0 saturated carbocycles. The number of anilines is 2. The minimum Gasteiger partial charge on any atom is -0.382 e. The molecule has 8 N–H and O–H groups in total. The molecule has 44 heavy (non-hydrogen) atoms. The third-order valence-corrected chi connectivity index (χ3v) is 8.74. The fourth-order valence-electron chi connectivity index (χ4n) is 5.35. The van der Waals surface area contributed by atoms with Gasteiger partial charge in [-0.15, -0.1) is 0 Å². The van der Waals surface area contributed by atoms with Crippen LogP contribution in [0.3, 0.4) is 0 Å². The number of H-pyrrole nitrogens is 1. The SMILES string of the molecule is C[C@@H]1C[C@@H](COP(=O)(O)O[C@]2(n3cnc4c(=O)[nH]c(N)nc43)CO[C@H](COP(=O)(O)O)C2)O[C@H]1n1cnc2c(N)ncnc21. The molecule has 4 aromatic heterocycles. The molecule has 0 amide bonds. The van der Waals surface area contributed by atoms with E-state index in [-0.39, 0.29) is 41.9 Å². The van der Waals surface area contributed by atoms with E-state index in [1.54, 1.807) is 4.57 Å². The lowest BCUT2D eigenvalue weighted by atomic mass is 10.1. The van der Waals surface area contributed by atoms with E-state index in [4.69, 9.17) is 39.8 Å². The molecule has 0 spiro atoms. The molecule has 6 atom stereocenters. The van der Waals surface area contributed by atoms with Crippen LogP contribution >= 0.6 is 15.6 Å². The number of aromatic nitrogens is 8. The maximum absolute atomic E-state index is 13.4. The summed E-state index contributed by atoms with van der Waals surface area (Å²) in [7, 11) is -9.79. The second kappa shape index (κ2) is 11.2. The van der Waals surface area contributed by atoms with Gasteiger partial charge in [-0.25, -0.2) is 29.1 Å². The van der Waals surface area contributed by atoms with E-state index < -0.39 is 58.6 Å². The topological polar surface area (TPSA) is 300 Å². The van der Waals surface area contributed by atoms with Crippen molar-refractivity contribution in [1.29, 1.82) is 0 Å². The molecule has 2 fully saturated rings. The van der Waals surface area contributed by atoms with Gasteiger partial charge in [-0.05, 0) is 6.42 Å². The van der Waals surface area contributed by atoms with Crippen LogP contribution in [0, 0.1) is 5.92 Å². The first-order chi connectivity index (χ1) is 20.7. The van der Waals surface area contributed by atoms with Crippen molar-refractivity contribution in [3.05, 3.63) is 29.3 Å². The fourth-order valence-corrected chi connectivity index (χ4v) is 6.76. The maximum atomic E-state index is 13.4. The van der Waals surface area contributed by atoms with Crippen molar-refractivity contribution >= 4 is 49.7 Å². The third kappa shape index (κ3) is 5.98. The number of nitrogens with two attached hydrogens (primary N) is 2. The number of phosphoric ester groups is 2. The lowest BCUT2D eigenvalue weighted by molar-refractivity contribution is -0.0601. The van der Waals surface area contributed by atoms with Gasteiger partial charge in [0.05, 0.1) is 44.7 Å². The van der Waals surface area contributed by atoms with Gasteiger partial charge in [0.1, 0.15) is 18.1 Å². The quantitative estimate of drug-likeness (QED) is 0.119. The van der Waals surface area contributed by atoms with Gasteiger partial charge in [0.25, 0.3) is 5.56 Å². The van der Waals surface area contributed by atoms with Crippen molar-refractivity contribution < 1.29 is 46.9 Å². The molecule has 2 saturated heterocycles. The summed E-state index contributed by atoms with van der Waals surface area (Å²) in [5.74, 6) is -0.122. The fraction of sp³-hybridized carbons (Fsp3) is 0.524. The summed E-state index contributed by atoms with van der Waals surface area (Å²) >= 11 is 0. The van der Waals surface area contributed by atoms with Crippen LogP contribution in [-0.2, 0) is 37.9 Å². The first-order valence-electron chi connectivity index (χ1n) is 13.1. The van der Waals surface area contributed by atoms with Crippen LogP contribution in [0.4, 0.5) is 11.8 Å². The highest BCUT2D eigenvalue weighted by molar-refractivity contribution is 7.47. The second-order valence-corrected chi connectivity index (χ2v) is 13.0. The number of nitrogens with zero attached hydrogens (tertiary/aromatic N) is 7. The Morgan fingerprint density at radius 2 is 1.82 bits per heavy atom. The molecule has 4 aromatic rings. The van der Waals surface area contributed by atoms with E-state index in [0.29, 0.717) is 17.6 Å². The summed E-state index contributed by atoms with van der Waals surface area (Å²) < 4.78 is 54.8. The highest BCUT2D eigenvalue weighted by atomic mass is 31.2. The lowest BCUT2D eigenvalue weighted by Crippen LogP contribution is -2.37. The van der Waals surface area contributed by atoms with E-state index in [9.17, 15) is 18.8 Å².